The van der Waals surface area contributed by atoms with Gasteiger partial charge in [0, 0.05) is 10.6 Å². The molecule has 29 heavy (non-hydrogen) atoms. The lowest BCUT2D eigenvalue weighted by Crippen LogP contribution is -2.24. The minimum Gasteiger partial charge on any atom is -0.465 e. The number of benzene rings is 2. The van der Waals surface area contributed by atoms with Gasteiger partial charge in [0.1, 0.15) is 5.69 Å². The zero-order valence-corrected chi connectivity index (χ0v) is 17.3. The largest absolute Gasteiger partial charge is 0.465 e. The van der Waals surface area contributed by atoms with Gasteiger partial charge in [-0.25, -0.2) is 14.5 Å². The Morgan fingerprint density at radius 2 is 1.83 bits per heavy atom. The van der Waals surface area contributed by atoms with Crippen molar-refractivity contribution in [2.45, 2.75) is 13.5 Å². The average molecular weight is 426 g/mol. The predicted octanol–water partition coefficient (Wildman–Crippen LogP) is 4.32. The second-order valence-corrected chi connectivity index (χ2v) is 8.06. The highest BCUT2D eigenvalue weighted by atomic mass is 35.5. The Hall–Kier alpha value is -3.03. The number of aryl methyl sites for hydroxylation is 1. The Balaban J connectivity index is 1.80. The number of hydrogen-bond acceptors (Lipinski definition) is 6. The SMILES string of the molecule is COC(=O)c1ccc(Cn2nc(-c3ccc(Cl)cc3)c3sc(C)nc3c2=O)cc1. The Morgan fingerprint density at radius 1 is 1.14 bits per heavy atom. The number of esters is 1. The monoisotopic (exact) mass is 425 g/mol. The van der Waals surface area contributed by atoms with E-state index in [0.29, 0.717) is 21.8 Å². The van der Waals surface area contributed by atoms with E-state index in [-0.39, 0.29) is 12.1 Å². The van der Waals surface area contributed by atoms with E-state index in [1.165, 1.54) is 23.1 Å². The van der Waals surface area contributed by atoms with Gasteiger partial charge < -0.3 is 4.74 Å². The Bertz CT molecular complexity index is 1260. The van der Waals surface area contributed by atoms with Gasteiger partial charge >= 0.3 is 5.97 Å². The predicted molar refractivity (Wildman–Crippen MR) is 114 cm³/mol. The maximum Gasteiger partial charge on any atom is 0.337 e. The van der Waals surface area contributed by atoms with Crippen molar-refractivity contribution in [3.63, 3.8) is 0 Å². The van der Waals surface area contributed by atoms with Gasteiger partial charge in [0.2, 0.25) is 0 Å². The van der Waals surface area contributed by atoms with Crippen molar-refractivity contribution >= 4 is 39.1 Å². The summed E-state index contributed by atoms with van der Waals surface area (Å²) in [6.07, 6.45) is 0. The molecule has 0 aliphatic heterocycles. The third-order valence-corrected chi connectivity index (χ3v) is 5.66. The smallest absolute Gasteiger partial charge is 0.337 e. The molecule has 146 valence electrons. The summed E-state index contributed by atoms with van der Waals surface area (Å²) in [4.78, 5) is 29.0. The number of hydrogen-bond donors (Lipinski definition) is 0. The molecule has 8 heteroatoms. The number of aromatic nitrogens is 3. The highest BCUT2D eigenvalue weighted by molar-refractivity contribution is 7.19. The van der Waals surface area contributed by atoms with Crippen molar-refractivity contribution in [3.05, 3.63) is 80.0 Å². The average Bonchev–Trinajstić information content (AvgIpc) is 3.13. The second kappa shape index (κ2) is 7.77. The standard InChI is InChI=1S/C21H16ClN3O3S/c1-12-23-18-19(29-12)17(14-7-9-16(22)10-8-14)24-25(20(18)26)11-13-3-5-15(6-4-13)21(27)28-2/h3-10H,11H2,1-2H3. The molecule has 4 aromatic rings. The molecule has 6 nitrogen and oxygen atoms in total. The molecule has 2 aromatic carbocycles. The molecule has 0 amide bonds. The molecule has 0 N–H and O–H groups in total. The minimum atomic E-state index is -0.406. The van der Waals surface area contributed by atoms with E-state index in [1.54, 1.807) is 36.4 Å². The summed E-state index contributed by atoms with van der Waals surface area (Å²) < 4.78 is 6.87. The van der Waals surface area contributed by atoms with Crippen LogP contribution >= 0.6 is 22.9 Å². The van der Waals surface area contributed by atoms with Gasteiger partial charge in [-0.15, -0.1) is 11.3 Å². The van der Waals surface area contributed by atoms with E-state index in [0.717, 1.165) is 20.8 Å². The van der Waals surface area contributed by atoms with Crippen LogP contribution < -0.4 is 5.56 Å². The fourth-order valence-corrected chi connectivity index (χ4v) is 4.05. The summed E-state index contributed by atoms with van der Waals surface area (Å²) in [5.41, 5.74) is 2.98. The topological polar surface area (TPSA) is 74.1 Å². The number of ether oxygens (including phenoxy) is 1. The van der Waals surface area contributed by atoms with Gasteiger partial charge in [-0.2, -0.15) is 5.10 Å². The van der Waals surface area contributed by atoms with Gasteiger partial charge in [0.25, 0.3) is 5.56 Å². The molecule has 0 aliphatic carbocycles. The van der Waals surface area contributed by atoms with E-state index in [2.05, 4.69) is 10.1 Å². The fourth-order valence-electron chi connectivity index (χ4n) is 3.01. The van der Waals surface area contributed by atoms with Crippen molar-refractivity contribution in [2.75, 3.05) is 7.11 Å². The number of rotatable bonds is 4. The third-order valence-electron chi connectivity index (χ3n) is 4.43. The van der Waals surface area contributed by atoms with Crippen molar-refractivity contribution in [2.24, 2.45) is 0 Å². The second-order valence-electron chi connectivity index (χ2n) is 6.42. The normalized spacial score (nSPS) is 11.0. The molecule has 4 rings (SSSR count). The highest BCUT2D eigenvalue weighted by Gasteiger charge is 2.17. The first kappa shape index (κ1) is 19.3. The van der Waals surface area contributed by atoms with Crippen LogP contribution in [0.2, 0.25) is 5.02 Å². The van der Waals surface area contributed by atoms with Gasteiger partial charge in [-0.3, -0.25) is 4.79 Å². The molecule has 2 heterocycles. The molecule has 0 atom stereocenters. The lowest BCUT2D eigenvalue weighted by atomic mass is 10.1. The first-order valence-electron chi connectivity index (χ1n) is 8.77. The first-order valence-corrected chi connectivity index (χ1v) is 9.97. The van der Waals surface area contributed by atoms with Crippen molar-refractivity contribution in [3.8, 4) is 11.3 Å². The zero-order valence-electron chi connectivity index (χ0n) is 15.7. The van der Waals surface area contributed by atoms with Gasteiger partial charge in [0.05, 0.1) is 28.9 Å². The maximum atomic E-state index is 13.0. The van der Waals surface area contributed by atoms with Gasteiger partial charge in [-0.1, -0.05) is 35.9 Å². The summed E-state index contributed by atoms with van der Waals surface area (Å²) in [5, 5.41) is 6.05. The molecule has 0 aliphatic rings. The number of nitrogens with zero attached hydrogens (tertiary/aromatic N) is 3. The molecule has 0 saturated carbocycles. The van der Waals surface area contributed by atoms with Crippen LogP contribution in [-0.4, -0.2) is 27.8 Å². The Labute approximate surface area is 175 Å². The van der Waals surface area contributed by atoms with E-state index in [4.69, 9.17) is 16.3 Å². The summed E-state index contributed by atoms with van der Waals surface area (Å²) in [6, 6.07) is 14.2. The van der Waals surface area contributed by atoms with Gasteiger partial charge in [0.15, 0.2) is 5.52 Å². The number of fused-ring (bicyclic) bond motifs is 1. The summed E-state index contributed by atoms with van der Waals surface area (Å²) in [5.74, 6) is -0.406. The summed E-state index contributed by atoms with van der Waals surface area (Å²) in [6.45, 7) is 2.12. The molecule has 2 aromatic heterocycles. The molecule has 0 bridgehead atoms. The molecule has 0 unspecified atom stereocenters. The first-order chi connectivity index (χ1) is 14.0. The molecule has 0 radical (unpaired) electrons. The molecular formula is C21H16ClN3O3S. The van der Waals surface area contributed by atoms with E-state index in [9.17, 15) is 9.59 Å². The number of carbonyl (C=O) groups excluding carboxylic acids is 1. The highest BCUT2D eigenvalue weighted by Crippen LogP contribution is 2.30. The van der Waals surface area contributed by atoms with E-state index in [1.807, 2.05) is 19.1 Å². The molecule has 0 saturated heterocycles. The summed E-state index contributed by atoms with van der Waals surface area (Å²) in [7, 11) is 1.34. The molecule has 0 spiro atoms. The van der Waals surface area contributed by atoms with E-state index < -0.39 is 5.97 Å². The van der Waals surface area contributed by atoms with Crippen LogP contribution in [0, 0.1) is 6.92 Å². The quantitative estimate of drug-likeness (QED) is 0.455. The summed E-state index contributed by atoms with van der Waals surface area (Å²) >= 11 is 7.46. The Kier molecular flexibility index (Phi) is 5.17. The van der Waals surface area contributed by atoms with Crippen molar-refractivity contribution in [1.82, 2.24) is 14.8 Å². The van der Waals surface area contributed by atoms with E-state index >= 15 is 0 Å². The van der Waals surface area contributed by atoms with Crippen LogP contribution in [0.25, 0.3) is 21.5 Å². The van der Waals surface area contributed by atoms with Crippen LogP contribution in [0.15, 0.2) is 53.3 Å². The third kappa shape index (κ3) is 3.79. The van der Waals surface area contributed by atoms with Gasteiger partial charge in [-0.05, 0) is 36.8 Å². The van der Waals surface area contributed by atoms with Crippen LogP contribution in [0.4, 0.5) is 0 Å². The molecule has 0 fully saturated rings. The van der Waals surface area contributed by atoms with Crippen LogP contribution in [0.3, 0.4) is 0 Å². The number of carbonyl (C=O) groups is 1. The van der Waals surface area contributed by atoms with Crippen LogP contribution in [-0.2, 0) is 11.3 Å². The van der Waals surface area contributed by atoms with Crippen molar-refractivity contribution in [1.29, 1.82) is 0 Å². The number of thiazole rings is 1. The maximum absolute atomic E-state index is 13.0. The van der Waals surface area contributed by atoms with Crippen LogP contribution in [0.1, 0.15) is 20.9 Å². The minimum absolute atomic E-state index is 0.251. The number of halogens is 1. The fraction of sp³-hybridized carbons (Fsp3) is 0.143. The Morgan fingerprint density at radius 3 is 2.48 bits per heavy atom. The van der Waals surface area contributed by atoms with Crippen molar-refractivity contribution < 1.29 is 9.53 Å². The lowest BCUT2D eigenvalue weighted by molar-refractivity contribution is 0.0600. The zero-order chi connectivity index (χ0) is 20.5. The number of methoxy groups -OCH3 is 1. The molecular weight excluding hydrogens is 410 g/mol. The van der Waals surface area contributed by atoms with Crippen LogP contribution in [0.5, 0.6) is 0 Å². The lowest BCUT2D eigenvalue weighted by Gasteiger charge is -2.09.